The van der Waals surface area contributed by atoms with Crippen molar-refractivity contribution in [2.45, 2.75) is 6.17 Å². The molecule has 0 spiro atoms. The van der Waals surface area contributed by atoms with Crippen molar-refractivity contribution in [3.05, 3.63) is 83.4 Å². The molecule has 0 radical (unpaired) electrons. The third kappa shape index (κ3) is 3.95. The highest BCUT2D eigenvalue weighted by Crippen LogP contribution is 2.22. The predicted molar refractivity (Wildman–Crippen MR) is 117 cm³/mol. The Balaban J connectivity index is 1.74. The van der Waals surface area contributed by atoms with E-state index in [1.54, 1.807) is 18.2 Å². The molecule has 0 aliphatic carbocycles. The standard InChI is InChI=1S/C22H20N4O2S/c1-3-14-29-22-24-21(27)20-17-6-4-5-7-18(17)23-19(26(20)25-22)13-10-15-8-11-16(28-2)12-9-15/h3-13,19H,1,14H2,2H3,(H,24,25,27)/b13-10+. The maximum absolute atomic E-state index is 12.9. The average molecular weight is 404 g/mol. The second-order valence-electron chi connectivity index (χ2n) is 6.34. The minimum atomic E-state index is -0.424. The molecule has 1 amide bonds. The van der Waals surface area contributed by atoms with Crippen LogP contribution in [0.3, 0.4) is 0 Å². The van der Waals surface area contributed by atoms with Crippen LogP contribution in [0.15, 0.2) is 77.4 Å². The van der Waals surface area contributed by atoms with Crippen LogP contribution >= 0.6 is 11.8 Å². The van der Waals surface area contributed by atoms with E-state index < -0.39 is 6.17 Å². The summed E-state index contributed by atoms with van der Waals surface area (Å²) in [7, 11) is 1.64. The molecule has 2 heterocycles. The molecule has 0 fully saturated rings. The van der Waals surface area contributed by atoms with Crippen LogP contribution in [0, 0.1) is 0 Å². The lowest BCUT2D eigenvalue weighted by molar-refractivity contribution is -0.116. The van der Waals surface area contributed by atoms with E-state index in [0.717, 1.165) is 21.9 Å². The van der Waals surface area contributed by atoms with Crippen molar-refractivity contribution in [1.29, 1.82) is 0 Å². The van der Waals surface area contributed by atoms with Crippen molar-refractivity contribution >= 4 is 34.6 Å². The SMILES string of the molecule is C=CCSC1=NN2C(=c3ccccc3=NC2/C=C/c2ccc(OC)cc2)C(=O)N1. The van der Waals surface area contributed by atoms with E-state index in [1.807, 2.05) is 60.7 Å². The zero-order valence-corrected chi connectivity index (χ0v) is 16.7. The summed E-state index contributed by atoms with van der Waals surface area (Å²) in [6, 6.07) is 15.4. The first-order valence-corrected chi connectivity index (χ1v) is 10.1. The zero-order valence-electron chi connectivity index (χ0n) is 15.9. The molecule has 0 saturated heterocycles. The quantitative estimate of drug-likeness (QED) is 0.775. The van der Waals surface area contributed by atoms with Crippen molar-refractivity contribution in [1.82, 2.24) is 10.3 Å². The number of hydrogen-bond donors (Lipinski definition) is 1. The maximum atomic E-state index is 12.9. The van der Waals surface area contributed by atoms with Crippen LogP contribution in [0.5, 0.6) is 5.75 Å². The summed E-state index contributed by atoms with van der Waals surface area (Å²) < 4.78 is 5.20. The van der Waals surface area contributed by atoms with Gasteiger partial charge in [-0.2, -0.15) is 0 Å². The first-order chi connectivity index (χ1) is 14.2. The first kappa shape index (κ1) is 19.0. The molecule has 2 aromatic rings. The van der Waals surface area contributed by atoms with E-state index in [-0.39, 0.29) is 5.91 Å². The summed E-state index contributed by atoms with van der Waals surface area (Å²) in [5.74, 6) is 1.27. The third-order valence-corrected chi connectivity index (χ3v) is 5.32. The van der Waals surface area contributed by atoms with Gasteiger partial charge in [-0.3, -0.25) is 15.1 Å². The maximum Gasteiger partial charge on any atom is 0.276 e. The minimum absolute atomic E-state index is 0.184. The lowest BCUT2D eigenvalue weighted by atomic mass is 10.1. The van der Waals surface area contributed by atoms with Gasteiger partial charge in [-0.15, -0.1) is 11.7 Å². The smallest absolute Gasteiger partial charge is 0.276 e. The van der Waals surface area contributed by atoms with E-state index >= 15 is 0 Å². The molecule has 2 aliphatic rings. The van der Waals surface area contributed by atoms with Gasteiger partial charge in [0.2, 0.25) is 0 Å². The Hall–Kier alpha value is -3.32. The molecule has 1 atom stereocenters. The molecule has 1 N–H and O–H groups in total. The molecule has 146 valence electrons. The summed E-state index contributed by atoms with van der Waals surface area (Å²) in [4.78, 5) is 17.7. The second-order valence-corrected chi connectivity index (χ2v) is 7.35. The van der Waals surface area contributed by atoms with Gasteiger partial charge in [0.15, 0.2) is 11.3 Å². The Labute approximate surface area is 173 Å². The molecular formula is C22H20N4O2S. The fourth-order valence-electron chi connectivity index (χ4n) is 3.09. The number of thioether (sulfide) groups is 1. The molecule has 4 rings (SSSR count). The number of benzene rings is 2. The predicted octanol–water partition coefficient (Wildman–Crippen LogP) is 2.10. The first-order valence-electron chi connectivity index (χ1n) is 9.12. The van der Waals surface area contributed by atoms with E-state index in [0.29, 0.717) is 16.6 Å². The number of carbonyl (C=O) groups is 1. The molecule has 7 heteroatoms. The summed E-state index contributed by atoms with van der Waals surface area (Å²) in [5.41, 5.74) is 1.51. The summed E-state index contributed by atoms with van der Waals surface area (Å²) in [6.45, 7) is 3.72. The number of hydrogen-bond acceptors (Lipinski definition) is 6. The number of ether oxygens (including phenoxy) is 1. The van der Waals surface area contributed by atoms with Crippen LogP contribution in [0.4, 0.5) is 0 Å². The van der Waals surface area contributed by atoms with Crippen LogP contribution in [0.1, 0.15) is 5.56 Å². The van der Waals surface area contributed by atoms with Crippen LogP contribution in [0.2, 0.25) is 0 Å². The fourth-order valence-corrected chi connectivity index (χ4v) is 3.68. The zero-order chi connectivity index (χ0) is 20.2. The van der Waals surface area contributed by atoms with Gasteiger partial charge >= 0.3 is 0 Å². The number of nitrogens with zero attached hydrogens (tertiary/aromatic N) is 3. The van der Waals surface area contributed by atoms with Crippen LogP contribution < -0.4 is 20.6 Å². The van der Waals surface area contributed by atoms with Crippen molar-refractivity contribution < 1.29 is 9.53 Å². The van der Waals surface area contributed by atoms with Crippen molar-refractivity contribution in [3.63, 3.8) is 0 Å². The van der Waals surface area contributed by atoms with Crippen molar-refractivity contribution in [2.24, 2.45) is 10.1 Å². The number of hydrazone groups is 1. The monoisotopic (exact) mass is 404 g/mol. The average Bonchev–Trinajstić information content (AvgIpc) is 2.76. The molecule has 0 saturated carbocycles. The molecular weight excluding hydrogens is 384 g/mol. The van der Waals surface area contributed by atoms with Crippen molar-refractivity contribution in [2.75, 3.05) is 12.9 Å². The van der Waals surface area contributed by atoms with Gasteiger partial charge in [-0.25, -0.2) is 5.01 Å². The topological polar surface area (TPSA) is 66.3 Å². The highest BCUT2D eigenvalue weighted by Gasteiger charge is 2.32. The summed E-state index contributed by atoms with van der Waals surface area (Å²) >= 11 is 1.42. The van der Waals surface area contributed by atoms with E-state index in [9.17, 15) is 4.79 Å². The fraction of sp³-hybridized carbons (Fsp3) is 0.136. The second kappa shape index (κ2) is 8.36. The molecule has 29 heavy (non-hydrogen) atoms. The number of amidine groups is 1. The molecule has 1 unspecified atom stereocenters. The lowest BCUT2D eigenvalue weighted by Gasteiger charge is -2.32. The van der Waals surface area contributed by atoms with Crippen LogP contribution in [-0.2, 0) is 4.79 Å². The lowest BCUT2D eigenvalue weighted by Crippen LogP contribution is -2.52. The number of para-hydroxylation sites is 1. The van der Waals surface area contributed by atoms with Gasteiger partial charge in [-0.05, 0) is 29.8 Å². The number of nitrogens with one attached hydrogen (secondary N) is 1. The number of carbonyl (C=O) groups excluding carboxylic acids is 1. The van der Waals surface area contributed by atoms with Gasteiger partial charge < -0.3 is 4.74 Å². The molecule has 6 nitrogen and oxygen atoms in total. The molecule has 0 aromatic heterocycles. The van der Waals surface area contributed by atoms with Gasteiger partial charge in [0, 0.05) is 11.0 Å². The molecule has 2 aromatic carbocycles. The highest BCUT2D eigenvalue weighted by atomic mass is 32.2. The number of methoxy groups -OCH3 is 1. The number of amides is 1. The minimum Gasteiger partial charge on any atom is -0.497 e. The van der Waals surface area contributed by atoms with E-state index in [4.69, 9.17) is 9.73 Å². The van der Waals surface area contributed by atoms with Crippen LogP contribution in [-0.4, -0.2) is 35.1 Å². The highest BCUT2D eigenvalue weighted by molar-refractivity contribution is 8.14. The molecule has 0 bridgehead atoms. The summed E-state index contributed by atoms with van der Waals surface area (Å²) in [6.07, 6.45) is 5.26. The van der Waals surface area contributed by atoms with E-state index in [2.05, 4.69) is 17.0 Å². The van der Waals surface area contributed by atoms with Gasteiger partial charge in [0.1, 0.15) is 11.4 Å². The Bertz CT molecular complexity index is 1120. The van der Waals surface area contributed by atoms with Gasteiger partial charge in [0.25, 0.3) is 5.91 Å². The molecule has 2 aliphatic heterocycles. The Morgan fingerprint density at radius 1 is 1.24 bits per heavy atom. The largest absolute Gasteiger partial charge is 0.497 e. The Morgan fingerprint density at radius 2 is 2.03 bits per heavy atom. The Kier molecular flexibility index (Phi) is 5.48. The van der Waals surface area contributed by atoms with E-state index in [1.165, 1.54) is 11.8 Å². The summed E-state index contributed by atoms with van der Waals surface area (Å²) in [5, 5.41) is 11.3. The van der Waals surface area contributed by atoms with Crippen molar-refractivity contribution in [3.8, 4) is 5.75 Å². The van der Waals surface area contributed by atoms with Gasteiger partial charge in [0.05, 0.1) is 12.5 Å². The normalized spacial score (nSPS) is 17.8. The number of fused-ring (bicyclic) bond motifs is 2. The van der Waals surface area contributed by atoms with Crippen LogP contribution in [0.25, 0.3) is 11.8 Å². The Morgan fingerprint density at radius 3 is 2.79 bits per heavy atom. The third-order valence-electron chi connectivity index (χ3n) is 4.46. The number of rotatable bonds is 5. The van der Waals surface area contributed by atoms with Gasteiger partial charge in [-0.1, -0.05) is 54.2 Å².